The van der Waals surface area contributed by atoms with Gasteiger partial charge in [-0.1, -0.05) is 12.8 Å². The second-order valence-corrected chi connectivity index (χ2v) is 6.79. The lowest BCUT2D eigenvalue weighted by molar-refractivity contribution is -0.385. The highest BCUT2D eigenvalue weighted by atomic mass is 19.1. The van der Waals surface area contributed by atoms with Crippen LogP contribution in [0, 0.1) is 15.9 Å². The highest BCUT2D eigenvalue weighted by Gasteiger charge is 2.31. The fourth-order valence-electron chi connectivity index (χ4n) is 3.85. The minimum atomic E-state index is -0.596. The average molecular weight is 337 g/mol. The number of rotatable bonds is 4. The maximum atomic E-state index is 14.0. The summed E-state index contributed by atoms with van der Waals surface area (Å²) in [5.41, 5.74) is 0.0795. The zero-order valence-corrected chi connectivity index (χ0v) is 13.7. The molecule has 0 aromatic heterocycles. The Morgan fingerprint density at radius 2 is 1.92 bits per heavy atom. The first-order chi connectivity index (χ1) is 11.5. The van der Waals surface area contributed by atoms with Gasteiger partial charge in [-0.05, 0) is 31.7 Å². The van der Waals surface area contributed by atoms with Crippen LogP contribution < -0.4 is 5.32 Å². The van der Waals surface area contributed by atoms with Gasteiger partial charge in [-0.3, -0.25) is 15.0 Å². The van der Waals surface area contributed by atoms with Crippen LogP contribution in [0.5, 0.6) is 0 Å². The summed E-state index contributed by atoms with van der Waals surface area (Å²) in [5.74, 6) is -0.589. The number of aliphatic hydroxyl groups excluding tert-OH is 1. The SMILES string of the molecule is O=[N+]([O-])c1ccc(NC2CCN(C3CCCCC3O)CC2)c(F)c1. The van der Waals surface area contributed by atoms with E-state index in [4.69, 9.17) is 0 Å². The van der Waals surface area contributed by atoms with Gasteiger partial charge >= 0.3 is 0 Å². The highest BCUT2D eigenvalue weighted by molar-refractivity contribution is 5.50. The molecule has 2 fully saturated rings. The standard InChI is InChI=1S/C17H24FN3O3/c18-14-11-13(21(23)24)5-6-15(14)19-12-7-9-20(10-8-12)16-3-1-2-4-17(16)22/h5-6,11-12,16-17,19,22H,1-4,7-10H2. The van der Waals surface area contributed by atoms with E-state index in [0.717, 1.165) is 51.3 Å². The quantitative estimate of drug-likeness (QED) is 0.652. The van der Waals surface area contributed by atoms with Crippen molar-refractivity contribution < 1.29 is 14.4 Å². The van der Waals surface area contributed by atoms with Crippen LogP contribution >= 0.6 is 0 Å². The highest BCUT2D eigenvalue weighted by Crippen LogP contribution is 2.28. The number of anilines is 1. The van der Waals surface area contributed by atoms with Crippen molar-refractivity contribution >= 4 is 11.4 Å². The first-order valence-electron chi connectivity index (χ1n) is 8.67. The van der Waals surface area contributed by atoms with Crippen molar-refractivity contribution in [2.45, 2.75) is 56.7 Å². The van der Waals surface area contributed by atoms with Crippen molar-refractivity contribution in [3.63, 3.8) is 0 Å². The Morgan fingerprint density at radius 3 is 2.54 bits per heavy atom. The first-order valence-corrected chi connectivity index (χ1v) is 8.67. The van der Waals surface area contributed by atoms with Crippen molar-refractivity contribution in [2.75, 3.05) is 18.4 Å². The molecular weight excluding hydrogens is 313 g/mol. The predicted molar refractivity (Wildman–Crippen MR) is 89.5 cm³/mol. The summed E-state index contributed by atoms with van der Waals surface area (Å²) in [6.45, 7) is 1.77. The van der Waals surface area contributed by atoms with Crippen LogP contribution in [0.2, 0.25) is 0 Å². The second-order valence-electron chi connectivity index (χ2n) is 6.79. The lowest BCUT2D eigenvalue weighted by atomic mass is 9.89. The van der Waals surface area contributed by atoms with Gasteiger partial charge in [0.2, 0.25) is 0 Å². The number of halogens is 1. The summed E-state index contributed by atoms with van der Waals surface area (Å²) < 4.78 is 14.0. The van der Waals surface area contributed by atoms with Crippen LogP contribution in [-0.4, -0.2) is 46.2 Å². The zero-order valence-electron chi connectivity index (χ0n) is 13.7. The molecule has 132 valence electrons. The van der Waals surface area contributed by atoms with Gasteiger partial charge < -0.3 is 10.4 Å². The molecule has 1 aromatic carbocycles. The van der Waals surface area contributed by atoms with Gasteiger partial charge in [0.1, 0.15) is 0 Å². The molecular formula is C17H24FN3O3. The Morgan fingerprint density at radius 1 is 1.21 bits per heavy atom. The number of nitro groups is 1. The van der Waals surface area contributed by atoms with Crippen LogP contribution in [0.4, 0.5) is 15.8 Å². The van der Waals surface area contributed by atoms with Crippen molar-refractivity contribution in [1.82, 2.24) is 4.90 Å². The van der Waals surface area contributed by atoms with Gasteiger partial charge in [0, 0.05) is 31.2 Å². The summed E-state index contributed by atoms with van der Waals surface area (Å²) >= 11 is 0. The monoisotopic (exact) mass is 337 g/mol. The number of likely N-dealkylation sites (tertiary alicyclic amines) is 1. The molecule has 0 radical (unpaired) electrons. The molecule has 2 N–H and O–H groups in total. The smallest absolute Gasteiger partial charge is 0.272 e. The minimum Gasteiger partial charge on any atom is -0.391 e. The Balaban J connectivity index is 1.54. The molecule has 1 saturated heterocycles. The van der Waals surface area contributed by atoms with E-state index in [1.54, 1.807) is 0 Å². The van der Waals surface area contributed by atoms with Crippen molar-refractivity contribution in [2.24, 2.45) is 0 Å². The van der Waals surface area contributed by atoms with Crippen LogP contribution in [0.3, 0.4) is 0 Å². The largest absolute Gasteiger partial charge is 0.391 e. The summed E-state index contributed by atoms with van der Waals surface area (Å²) in [7, 11) is 0. The van der Waals surface area contributed by atoms with E-state index < -0.39 is 10.7 Å². The van der Waals surface area contributed by atoms with Crippen molar-refractivity contribution in [1.29, 1.82) is 0 Å². The van der Waals surface area contributed by atoms with E-state index in [1.807, 2.05) is 0 Å². The third kappa shape index (κ3) is 3.84. The summed E-state index contributed by atoms with van der Waals surface area (Å²) in [5, 5.41) is 24.0. The molecule has 1 aromatic rings. The fraction of sp³-hybridized carbons (Fsp3) is 0.647. The molecule has 6 nitrogen and oxygen atoms in total. The Bertz CT molecular complexity index is 590. The fourth-order valence-corrected chi connectivity index (χ4v) is 3.85. The molecule has 1 heterocycles. The van der Waals surface area contributed by atoms with Crippen LogP contribution in [0.1, 0.15) is 38.5 Å². The predicted octanol–water partition coefficient (Wildman–Crippen LogP) is 2.91. The molecule has 2 aliphatic rings. The number of hydrogen-bond acceptors (Lipinski definition) is 5. The molecule has 1 aliphatic carbocycles. The van der Waals surface area contributed by atoms with Gasteiger partial charge in [-0.2, -0.15) is 0 Å². The molecule has 1 aliphatic heterocycles. The van der Waals surface area contributed by atoms with Crippen LogP contribution in [0.15, 0.2) is 18.2 Å². The van der Waals surface area contributed by atoms with Crippen LogP contribution in [-0.2, 0) is 0 Å². The molecule has 24 heavy (non-hydrogen) atoms. The van der Waals surface area contributed by atoms with Crippen molar-refractivity contribution in [3.05, 3.63) is 34.1 Å². The molecule has 3 rings (SSSR count). The molecule has 2 atom stereocenters. The van der Waals surface area contributed by atoms with Crippen LogP contribution in [0.25, 0.3) is 0 Å². The normalized spacial score (nSPS) is 26.2. The third-order valence-electron chi connectivity index (χ3n) is 5.22. The Kier molecular flexibility index (Phi) is 5.30. The Labute approximate surface area is 140 Å². The van der Waals surface area contributed by atoms with Crippen molar-refractivity contribution in [3.8, 4) is 0 Å². The van der Waals surface area contributed by atoms with E-state index in [9.17, 15) is 19.6 Å². The number of non-ortho nitro benzene ring substituents is 1. The van der Waals surface area contributed by atoms with E-state index in [2.05, 4.69) is 10.2 Å². The van der Waals surface area contributed by atoms with Gasteiger partial charge in [0.05, 0.1) is 22.8 Å². The number of nitrogens with zero attached hydrogens (tertiary/aromatic N) is 2. The number of piperidine rings is 1. The molecule has 1 saturated carbocycles. The Hall–Kier alpha value is -1.73. The number of nitrogens with one attached hydrogen (secondary N) is 1. The molecule has 0 spiro atoms. The summed E-state index contributed by atoms with van der Waals surface area (Å²) in [6.07, 6.45) is 5.74. The third-order valence-corrected chi connectivity index (χ3v) is 5.22. The second kappa shape index (κ2) is 7.44. The molecule has 7 heteroatoms. The lowest BCUT2D eigenvalue weighted by Gasteiger charge is -2.41. The number of benzene rings is 1. The number of hydrogen-bond donors (Lipinski definition) is 2. The average Bonchev–Trinajstić information content (AvgIpc) is 2.58. The van der Waals surface area contributed by atoms with E-state index in [0.29, 0.717) is 5.69 Å². The van der Waals surface area contributed by atoms with Gasteiger partial charge in [0.15, 0.2) is 5.82 Å². The minimum absolute atomic E-state index is 0.151. The van der Waals surface area contributed by atoms with Gasteiger partial charge in [-0.25, -0.2) is 4.39 Å². The zero-order chi connectivity index (χ0) is 17.1. The van der Waals surface area contributed by atoms with Gasteiger partial charge in [-0.15, -0.1) is 0 Å². The first kappa shape index (κ1) is 17.1. The van der Waals surface area contributed by atoms with E-state index in [-0.39, 0.29) is 23.9 Å². The summed E-state index contributed by atoms with van der Waals surface area (Å²) in [6, 6.07) is 4.12. The maximum absolute atomic E-state index is 14.0. The number of nitro benzene ring substituents is 1. The molecule has 2 unspecified atom stereocenters. The van der Waals surface area contributed by atoms with Gasteiger partial charge in [0.25, 0.3) is 5.69 Å². The summed E-state index contributed by atoms with van der Waals surface area (Å²) in [4.78, 5) is 12.4. The number of aliphatic hydroxyl groups is 1. The van der Waals surface area contributed by atoms with E-state index >= 15 is 0 Å². The van der Waals surface area contributed by atoms with E-state index in [1.165, 1.54) is 18.6 Å². The maximum Gasteiger partial charge on any atom is 0.272 e. The lowest BCUT2D eigenvalue weighted by Crippen LogP contribution is -2.50. The molecule has 0 bridgehead atoms. The molecule has 0 amide bonds. The topological polar surface area (TPSA) is 78.6 Å².